The van der Waals surface area contributed by atoms with E-state index in [0.717, 1.165) is 6.42 Å². The standard InChI is InChI=1S/C12H11FN2O2S/c13-7-3-1-4-8-10(7)18-12(14-8)15-6-2-5-9(15)11(16)17/h1,3-4,9H,2,5-6H2,(H,16,17)/t9-/m1/s1. The van der Waals surface area contributed by atoms with E-state index < -0.39 is 12.0 Å². The van der Waals surface area contributed by atoms with Crippen molar-refractivity contribution in [2.24, 2.45) is 0 Å². The van der Waals surface area contributed by atoms with Gasteiger partial charge < -0.3 is 10.0 Å². The number of anilines is 1. The van der Waals surface area contributed by atoms with Gasteiger partial charge in [-0.2, -0.15) is 0 Å². The fourth-order valence-electron chi connectivity index (χ4n) is 2.28. The predicted molar refractivity (Wildman–Crippen MR) is 67.6 cm³/mol. The van der Waals surface area contributed by atoms with Crippen LogP contribution in [-0.4, -0.2) is 28.6 Å². The number of carbonyl (C=O) groups is 1. The van der Waals surface area contributed by atoms with Crippen LogP contribution in [0.5, 0.6) is 0 Å². The molecule has 1 aromatic carbocycles. The second kappa shape index (κ2) is 4.20. The number of halogens is 1. The lowest BCUT2D eigenvalue weighted by Crippen LogP contribution is -2.35. The zero-order valence-corrected chi connectivity index (χ0v) is 10.3. The molecular formula is C12H11FN2O2S. The Morgan fingerprint density at radius 1 is 1.56 bits per heavy atom. The minimum absolute atomic E-state index is 0.303. The topological polar surface area (TPSA) is 53.4 Å². The number of fused-ring (bicyclic) bond motifs is 1. The van der Waals surface area contributed by atoms with E-state index in [-0.39, 0.29) is 5.82 Å². The van der Waals surface area contributed by atoms with Crippen molar-refractivity contribution in [2.45, 2.75) is 18.9 Å². The van der Waals surface area contributed by atoms with Crippen molar-refractivity contribution in [1.29, 1.82) is 0 Å². The van der Waals surface area contributed by atoms with Crippen LogP contribution >= 0.6 is 11.3 Å². The van der Waals surface area contributed by atoms with E-state index in [1.165, 1.54) is 17.4 Å². The number of carboxylic acids is 1. The first-order valence-electron chi connectivity index (χ1n) is 5.71. The maximum atomic E-state index is 13.6. The number of hydrogen-bond acceptors (Lipinski definition) is 4. The Labute approximate surface area is 107 Å². The van der Waals surface area contributed by atoms with Crippen molar-refractivity contribution in [2.75, 3.05) is 11.4 Å². The number of aromatic nitrogens is 1. The Morgan fingerprint density at radius 2 is 2.39 bits per heavy atom. The van der Waals surface area contributed by atoms with Gasteiger partial charge in [0.25, 0.3) is 0 Å². The van der Waals surface area contributed by atoms with Crippen LogP contribution in [0.1, 0.15) is 12.8 Å². The molecule has 1 fully saturated rings. The van der Waals surface area contributed by atoms with Crippen LogP contribution in [0.4, 0.5) is 9.52 Å². The first-order valence-corrected chi connectivity index (χ1v) is 6.53. The van der Waals surface area contributed by atoms with Gasteiger partial charge in [0.05, 0.1) is 10.2 Å². The second-order valence-corrected chi connectivity index (χ2v) is 5.25. The number of aliphatic carboxylic acids is 1. The molecule has 0 unspecified atom stereocenters. The molecule has 1 N–H and O–H groups in total. The monoisotopic (exact) mass is 266 g/mol. The molecule has 18 heavy (non-hydrogen) atoms. The van der Waals surface area contributed by atoms with Gasteiger partial charge in [0, 0.05) is 6.54 Å². The molecule has 1 atom stereocenters. The summed E-state index contributed by atoms with van der Waals surface area (Å²) < 4.78 is 14.1. The van der Waals surface area contributed by atoms with E-state index in [4.69, 9.17) is 5.11 Å². The highest BCUT2D eigenvalue weighted by molar-refractivity contribution is 7.22. The number of carboxylic acid groups (broad SMARTS) is 1. The van der Waals surface area contributed by atoms with Gasteiger partial charge in [0.1, 0.15) is 11.9 Å². The lowest BCUT2D eigenvalue weighted by molar-refractivity contribution is -0.138. The largest absolute Gasteiger partial charge is 0.480 e. The van der Waals surface area contributed by atoms with Crippen molar-refractivity contribution in [3.63, 3.8) is 0 Å². The quantitative estimate of drug-likeness (QED) is 0.907. The fraction of sp³-hybridized carbons (Fsp3) is 0.333. The Bertz CT molecular complexity index is 613. The molecular weight excluding hydrogens is 255 g/mol. The van der Waals surface area contributed by atoms with Gasteiger partial charge in [-0.3, -0.25) is 0 Å². The Hall–Kier alpha value is -1.69. The van der Waals surface area contributed by atoms with Crippen molar-refractivity contribution in [3.8, 4) is 0 Å². The molecule has 94 valence electrons. The predicted octanol–water partition coefficient (Wildman–Crippen LogP) is 2.49. The SMILES string of the molecule is O=C(O)[C@H]1CCCN1c1nc2cccc(F)c2s1. The summed E-state index contributed by atoms with van der Waals surface area (Å²) in [6.07, 6.45) is 1.45. The van der Waals surface area contributed by atoms with Crippen LogP contribution in [0.3, 0.4) is 0 Å². The second-order valence-electron chi connectivity index (χ2n) is 4.27. The van der Waals surface area contributed by atoms with Crippen LogP contribution in [0.25, 0.3) is 10.2 Å². The van der Waals surface area contributed by atoms with Crippen molar-refractivity contribution in [3.05, 3.63) is 24.0 Å². The van der Waals surface area contributed by atoms with Gasteiger partial charge in [0.15, 0.2) is 5.13 Å². The summed E-state index contributed by atoms with van der Waals surface area (Å²) in [7, 11) is 0. The van der Waals surface area contributed by atoms with Gasteiger partial charge in [-0.15, -0.1) is 0 Å². The van der Waals surface area contributed by atoms with Crippen LogP contribution in [0.2, 0.25) is 0 Å². The lowest BCUT2D eigenvalue weighted by Gasteiger charge is -2.19. The Morgan fingerprint density at radius 3 is 3.11 bits per heavy atom. The molecule has 2 aromatic rings. The van der Waals surface area contributed by atoms with Crippen LogP contribution in [-0.2, 0) is 4.79 Å². The summed E-state index contributed by atoms with van der Waals surface area (Å²) in [5.41, 5.74) is 0.589. The smallest absolute Gasteiger partial charge is 0.326 e. The number of hydrogen-bond donors (Lipinski definition) is 1. The molecule has 0 amide bonds. The van der Waals surface area contributed by atoms with Crippen molar-refractivity contribution in [1.82, 2.24) is 4.98 Å². The summed E-state index contributed by atoms with van der Waals surface area (Å²) in [4.78, 5) is 17.2. The number of thiazole rings is 1. The average molecular weight is 266 g/mol. The first-order chi connectivity index (χ1) is 8.66. The highest BCUT2D eigenvalue weighted by Gasteiger charge is 2.32. The maximum Gasteiger partial charge on any atom is 0.326 e. The zero-order chi connectivity index (χ0) is 12.7. The van der Waals surface area contributed by atoms with E-state index in [1.807, 2.05) is 0 Å². The van der Waals surface area contributed by atoms with Crippen molar-refractivity contribution >= 4 is 32.7 Å². The molecule has 3 rings (SSSR count). The Balaban J connectivity index is 2.04. The molecule has 1 saturated heterocycles. The zero-order valence-electron chi connectivity index (χ0n) is 9.47. The molecule has 0 saturated carbocycles. The van der Waals surface area contributed by atoms with E-state index in [9.17, 15) is 9.18 Å². The normalized spacial score (nSPS) is 19.6. The molecule has 0 spiro atoms. The summed E-state index contributed by atoms with van der Waals surface area (Å²) in [6, 6.07) is 4.21. The molecule has 0 bridgehead atoms. The molecule has 1 aromatic heterocycles. The van der Waals surface area contributed by atoms with Crippen LogP contribution in [0.15, 0.2) is 18.2 Å². The fourth-order valence-corrected chi connectivity index (χ4v) is 3.33. The highest BCUT2D eigenvalue weighted by Crippen LogP contribution is 2.34. The third kappa shape index (κ3) is 1.73. The summed E-state index contributed by atoms with van der Waals surface area (Å²) in [6.45, 7) is 0.665. The number of benzene rings is 1. The van der Waals surface area contributed by atoms with E-state index >= 15 is 0 Å². The highest BCUT2D eigenvalue weighted by atomic mass is 32.1. The van der Waals surface area contributed by atoms with Crippen LogP contribution < -0.4 is 4.90 Å². The van der Waals surface area contributed by atoms with Gasteiger partial charge >= 0.3 is 5.97 Å². The molecule has 2 heterocycles. The third-order valence-corrected chi connectivity index (χ3v) is 4.26. The van der Waals surface area contributed by atoms with Crippen LogP contribution in [0, 0.1) is 5.82 Å². The number of nitrogens with zero attached hydrogens (tertiary/aromatic N) is 2. The summed E-state index contributed by atoms with van der Waals surface area (Å²) in [5, 5.41) is 9.73. The first kappa shape index (κ1) is 11.4. The minimum Gasteiger partial charge on any atom is -0.480 e. The lowest BCUT2D eigenvalue weighted by atomic mass is 10.2. The average Bonchev–Trinajstić information content (AvgIpc) is 2.95. The Kier molecular flexibility index (Phi) is 2.66. The van der Waals surface area contributed by atoms with E-state index in [2.05, 4.69) is 4.98 Å². The molecule has 1 aliphatic rings. The van der Waals surface area contributed by atoms with Gasteiger partial charge in [0.2, 0.25) is 0 Å². The van der Waals surface area contributed by atoms with Crippen molar-refractivity contribution < 1.29 is 14.3 Å². The van der Waals surface area contributed by atoms with Gasteiger partial charge in [-0.05, 0) is 25.0 Å². The molecule has 1 aliphatic heterocycles. The number of rotatable bonds is 2. The maximum absolute atomic E-state index is 13.6. The molecule has 0 aliphatic carbocycles. The molecule has 0 radical (unpaired) electrons. The summed E-state index contributed by atoms with van der Waals surface area (Å²) >= 11 is 1.22. The van der Waals surface area contributed by atoms with E-state index in [1.54, 1.807) is 17.0 Å². The third-order valence-electron chi connectivity index (χ3n) is 3.14. The van der Waals surface area contributed by atoms with Gasteiger partial charge in [-0.25, -0.2) is 14.2 Å². The minimum atomic E-state index is -0.841. The molecule has 6 heteroatoms. The summed E-state index contributed by atoms with van der Waals surface area (Å²) in [5.74, 6) is -1.14. The van der Waals surface area contributed by atoms with Gasteiger partial charge in [-0.1, -0.05) is 17.4 Å². The molecule has 4 nitrogen and oxygen atoms in total. The van der Waals surface area contributed by atoms with E-state index in [0.29, 0.717) is 28.3 Å².